The quantitative estimate of drug-likeness (QED) is 0.662. The van der Waals surface area contributed by atoms with Gasteiger partial charge >= 0.3 is 0 Å². The zero-order chi connectivity index (χ0) is 10.2. The van der Waals surface area contributed by atoms with Gasteiger partial charge in [-0.25, -0.2) is 0 Å². The molecule has 1 N–H and O–H groups in total. The zero-order valence-electron chi connectivity index (χ0n) is 9.69. The van der Waals surface area contributed by atoms with Crippen LogP contribution >= 0.6 is 0 Å². The van der Waals surface area contributed by atoms with Crippen LogP contribution in [0.15, 0.2) is 0 Å². The SMILES string of the molecule is C1CCC2(CC1)CNCC1(CCCC1)O2. The lowest BCUT2D eigenvalue weighted by molar-refractivity contribution is -0.188. The van der Waals surface area contributed by atoms with E-state index in [-0.39, 0.29) is 11.2 Å². The Morgan fingerprint density at radius 1 is 0.667 bits per heavy atom. The molecule has 86 valence electrons. The molecular formula is C13H23NO. The van der Waals surface area contributed by atoms with E-state index in [1.807, 2.05) is 0 Å². The summed E-state index contributed by atoms with van der Waals surface area (Å²) in [5.41, 5.74) is 0.455. The lowest BCUT2D eigenvalue weighted by Crippen LogP contribution is -2.60. The highest BCUT2D eigenvalue weighted by molar-refractivity contribution is 4.99. The summed E-state index contributed by atoms with van der Waals surface area (Å²) in [5, 5.41) is 3.65. The Morgan fingerprint density at radius 2 is 1.13 bits per heavy atom. The molecular weight excluding hydrogens is 186 g/mol. The van der Waals surface area contributed by atoms with Gasteiger partial charge in [0.15, 0.2) is 0 Å². The molecule has 3 aliphatic rings. The summed E-state index contributed by atoms with van der Waals surface area (Å²) >= 11 is 0. The Morgan fingerprint density at radius 3 is 1.67 bits per heavy atom. The Bertz CT molecular complexity index is 221. The third-order valence-electron chi connectivity index (χ3n) is 4.61. The summed E-state index contributed by atoms with van der Waals surface area (Å²) in [6.45, 7) is 2.21. The van der Waals surface area contributed by atoms with E-state index >= 15 is 0 Å². The number of rotatable bonds is 0. The highest BCUT2D eigenvalue weighted by Gasteiger charge is 2.47. The molecule has 1 heterocycles. The van der Waals surface area contributed by atoms with Crippen molar-refractivity contribution >= 4 is 0 Å². The Labute approximate surface area is 92.8 Å². The Balaban J connectivity index is 1.74. The lowest BCUT2D eigenvalue weighted by Gasteiger charge is -2.49. The maximum atomic E-state index is 6.60. The summed E-state index contributed by atoms with van der Waals surface area (Å²) < 4.78 is 6.60. The molecule has 0 aromatic heterocycles. The molecule has 0 bridgehead atoms. The minimum absolute atomic E-state index is 0.223. The van der Waals surface area contributed by atoms with Gasteiger partial charge in [0, 0.05) is 13.1 Å². The summed E-state index contributed by atoms with van der Waals surface area (Å²) in [6.07, 6.45) is 12.1. The molecule has 2 spiro atoms. The summed E-state index contributed by atoms with van der Waals surface area (Å²) in [5.74, 6) is 0. The molecule has 0 aromatic rings. The van der Waals surface area contributed by atoms with E-state index in [0.717, 1.165) is 13.1 Å². The van der Waals surface area contributed by atoms with E-state index in [1.165, 1.54) is 57.8 Å². The van der Waals surface area contributed by atoms with Crippen LogP contribution in [0.5, 0.6) is 0 Å². The van der Waals surface area contributed by atoms with Gasteiger partial charge in [0.2, 0.25) is 0 Å². The van der Waals surface area contributed by atoms with Crippen molar-refractivity contribution in [2.45, 2.75) is 69.0 Å². The fraction of sp³-hybridized carbons (Fsp3) is 1.00. The predicted molar refractivity (Wildman–Crippen MR) is 61.0 cm³/mol. The molecule has 15 heavy (non-hydrogen) atoms. The van der Waals surface area contributed by atoms with Crippen molar-refractivity contribution in [1.29, 1.82) is 0 Å². The number of morpholine rings is 1. The number of hydrogen-bond donors (Lipinski definition) is 1. The van der Waals surface area contributed by atoms with E-state index in [4.69, 9.17) is 4.74 Å². The maximum absolute atomic E-state index is 6.60. The minimum atomic E-state index is 0.223. The summed E-state index contributed by atoms with van der Waals surface area (Å²) in [4.78, 5) is 0. The topological polar surface area (TPSA) is 21.3 Å². The van der Waals surface area contributed by atoms with Crippen LogP contribution < -0.4 is 5.32 Å². The van der Waals surface area contributed by atoms with Crippen LogP contribution in [0.3, 0.4) is 0 Å². The number of hydrogen-bond acceptors (Lipinski definition) is 2. The minimum Gasteiger partial charge on any atom is -0.366 e. The molecule has 0 amide bonds. The molecule has 3 rings (SSSR count). The first-order valence-corrected chi connectivity index (χ1v) is 6.74. The van der Waals surface area contributed by atoms with Crippen molar-refractivity contribution in [2.24, 2.45) is 0 Å². The van der Waals surface area contributed by atoms with E-state index in [0.29, 0.717) is 0 Å². The van der Waals surface area contributed by atoms with Crippen molar-refractivity contribution in [2.75, 3.05) is 13.1 Å². The second-order valence-electron chi connectivity index (χ2n) is 5.84. The molecule has 2 aliphatic carbocycles. The molecule has 3 fully saturated rings. The maximum Gasteiger partial charge on any atom is 0.0814 e. The van der Waals surface area contributed by atoms with Crippen molar-refractivity contribution < 1.29 is 4.74 Å². The zero-order valence-corrected chi connectivity index (χ0v) is 9.69. The van der Waals surface area contributed by atoms with E-state index in [9.17, 15) is 0 Å². The lowest BCUT2D eigenvalue weighted by atomic mass is 9.81. The number of ether oxygens (including phenoxy) is 1. The first kappa shape index (κ1) is 10.1. The first-order valence-electron chi connectivity index (χ1n) is 6.74. The van der Waals surface area contributed by atoms with Crippen molar-refractivity contribution in [3.8, 4) is 0 Å². The Kier molecular flexibility index (Phi) is 2.52. The normalized spacial score (nSPS) is 33.6. The van der Waals surface area contributed by atoms with Crippen LogP contribution in [0.4, 0.5) is 0 Å². The van der Waals surface area contributed by atoms with Crippen LogP contribution in [-0.2, 0) is 4.74 Å². The predicted octanol–water partition coefficient (Wildman–Crippen LogP) is 2.62. The third kappa shape index (κ3) is 1.83. The van der Waals surface area contributed by atoms with E-state index < -0.39 is 0 Å². The first-order chi connectivity index (χ1) is 7.33. The second-order valence-corrected chi connectivity index (χ2v) is 5.84. The summed E-state index contributed by atoms with van der Waals surface area (Å²) in [7, 11) is 0. The van der Waals surface area contributed by atoms with E-state index in [2.05, 4.69) is 5.32 Å². The fourth-order valence-corrected chi connectivity index (χ4v) is 3.82. The van der Waals surface area contributed by atoms with Crippen molar-refractivity contribution in [3.05, 3.63) is 0 Å². The molecule has 1 saturated heterocycles. The average molecular weight is 209 g/mol. The monoisotopic (exact) mass is 209 g/mol. The van der Waals surface area contributed by atoms with Crippen molar-refractivity contribution in [3.63, 3.8) is 0 Å². The van der Waals surface area contributed by atoms with Gasteiger partial charge in [0.1, 0.15) is 0 Å². The van der Waals surface area contributed by atoms with Crippen LogP contribution in [0, 0.1) is 0 Å². The van der Waals surface area contributed by atoms with Crippen LogP contribution in [0.2, 0.25) is 0 Å². The molecule has 0 radical (unpaired) electrons. The fourth-order valence-electron chi connectivity index (χ4n) is 3.82. The molecule has 2 saturated carbocycles. The van der Waals surface area contributed by atoms with Crippen LogP contribution in [0.25, 0.3) is 0 Å². The number of nitrogens with one attached hydrogen (secondary N) is 1. The van der Waals surface area contributed by atoms with Gasteiger partial charge < -0.3 is 10.1 Å². The molecule has 2 nitrogen and oxygen atoms in total. The van der Waals surface area contributed by atoms with Gasteiger partial charge in [-0.3, -0.25) is 0 Å². The standard InChI is InChI=1S/C13H23NO/c1-2-6-12(7-3-1)10-14-11-13(15-12)8-4-5-9-13/h14H,1-11H2. The average Bonchev–Trinajstić information content (AvgIpc) is 2.67. The highest BCUT2D eigenvalue weighted by Crippen LogP contribution is 2.43. The van der Waals surface area contributed by atoms with Gasteiger partial charge in [-0.2, -0.15) is 0 Å². The smallest absolute Gasteiger partial charge is 0.0814 e. The van der Waals surface area contributed by atoms with Gasteiger partial charge in [0.05, 0.1) is 11.2 Å². The Hall–Kier alpha value is -0.0800. The van der Waals surface area contributed by atoms with Gasteiger partial charge in [-0.15, -0.1) is 0 Å². The highest BCUT2D eigenvalue weighted by atomic mass is 16.5. The van der Waals surface area contributed by atoms with Crippen LogP contribution in [-0.4, -0.2) is 24.3 Å². The van der Waals surface area contributed by atoms with Gasteiger partial charge in [-0.05, 0) is 25.7 Å². The molecule has 2 heteroatoms. The molecule has 0 aromatic carbocycles. The van der Waals surface area contributed by atoms with Gasteiger partial charge in [0.25, 0.3) is 0 Å². The molecule has 0 atom stereocenters. The third-order valence-corrected chi connectivity index (χ3v) is 4.61. The molecule has 0 unspecified atom stereocenters. The van der Waals surface area contributed by atoms with Gasteiger partial charge in [-0.1, -0.05) is 32.1 Å². The molecule has 1 aliphatic heterocycles. The summed E-state index contributed by atoms with van der Waals surface area (Å²) in [6, 6.07) is 0. The van der Waals surface area contributed by atoms with Crippen LogP contribution in [0.1, 0.15) is 57.8 Å². The largest absolute Gasteiger partial charge is 0.366 e. The van der Waals surface area contributed by atoms with Crippen molar-refractivity contribution in [1.82, 2.24) is 5.32 Å². The van der Waals surface area contributed by atoms with E-state index in [1.54, 1.807) is 0 Å². The second kappa shape index (κ2) is 3.74.